The fourth-order valence-electron chi connectivity index (χ4n) is 2.23. The van der Waals surface area contributed by atoms with Crippen molar-refractivity contribution in [3.05, 3.63) is 24.2 Å². The van der Waals surface area contributed by atoms with Gasteiger partial charge in [0.2, 0.25) is 0 Å². The van der Waals surface area contributed by atoms with Gasteiger partial charge in [-0.1, -0.05) is 19.8 Å². The van der Waals surface area contributed by atoms with E-state index in [4.69, 9.17) is 4.42 Å². The second-order valence-corrected chi connectivity index (χ2v) is 4.50. The minimum absolute atomic E-state index is 0.0583. The standard InChI is InChI=1S/C12H16O2/c1-12(5-2-3-6-12)11(13)8-10-4-7-14-9-10/h4,7,9H,2-3,5-6,8H2,1H3. The first-order valence-corrected chi connectivity index (χ1v) is 5.25. The normalized spacial score (nSPS) is 19.8. The van der Waals surface area contributed by atoms with Crippen LogP contribution in [-0.2, 0) is 11.2 Å². The zero-order valence-corrected chi connectivity index (χ0v) is 8.58. The highest BCUT2D eigenvalue weighted by molar-refractivity contribution is 5.86. The predicted octanol–water partition coefficient (Wildman–Crippen LogP) is 2.97. The first kappa shape index (κ1) is 9.50. The number of hydrogen-bond donors (Lipinski definition) is 0. The molecule has 14 heavy (non-hydrogen) atoms. The molecule has 0 atom stereocenters. The number of Topliss-reactive ketones (excluding diaryl/α,β-unsaturated/α-hetero) is 1. The fourth-order valence-corrected chi connectivity index (χ4v) is 2.23. The largest absolute Gasteiger partial charge is 0.472 e. The molecule has 0 saturated heterocycles. The summed E-state index contributed by atoms with van der Waals surface area (Å²) >= 11 is 0. The molecule has 1 aromatic rings. The summed E-state index contributed by atoms with van der Waals surface area (Å²) in [6, 6.07) is 1.87. The minimum Gasteiger partial charge on any atom is -0.472 e. The number of carbonyl (C=O) groups is 1. The van der Waals surface area contributed by atoms with Crippen molar-refractivity contribution in [2.75, 3.05) is 0 Å². The SMILES string of the molecule is CC1(C(=O)Cc2ccoc2)CCCC1. The Morgan fingerprint density at radius 1 is 1.50 bits per heavy atom. The summed E-state index contributed by atoms with van der Waals surface area (Å²) in [5, 5.41) is 0. The Morgan fingerprint density at radius 3 is 2.79 bits per heavy atom. The highest BCUT2D eigenvalue weighted by Crippen LogP contribution is 2.39. The van der Waals surface area contributed by atoms with Crippen LogP contribution >= 0.6 is 0 Å². The molecular weight excluding hydrogens is 176 g/mol. The van der Waals surface area contributed by atoms with Gasteiger partial charge in [-0.2, -0.15) is 0 Å². The fraction of sp³-hybridized carbons (Fsp3) is 0.583. The van der Waals surface area contributed by atoms with Crippen LogP contribution in [0.4, 0.5) is 0 Å². The number of rotatable bonds is 3. The topological polar surface area (TPSA) is 30.2 Å². The first-order valence-electron chi connectivity index (χ1n) is 5.25. The predicted molar refractivity (Wildman–Crippen MR) is 54.0 cm³/mol. The lowest BCUT2D eigenvalue weighted by Gasteiger charge is -2.20. The lowest BCUT2D eigenvalue weighted by atomic mass is 9.82. The van der Waals surface area contributed by atoms with Gasteiger partial charge in [0.1, 0.15) is 5.78 Å². The van der Waals surface area contributed by atoms with Gasteiger partial charge in [0.25, 0.3) is 0 Å². The van der Waals surface area contributed by atoms with E-state index in [0.29, 0.717) is 12.2 Å². The van der Waals surface area contributed by atoms with Crippen LogP contribution in [0.3, 0.4) is 0 Å². The number of carbonyl (C=O) groups excluding carboxylic acids is 1. The van der Waals surface area contributed by atoms with Crippen LogP contribution in [0.15, 0.2) is 23.0 Å². The van der Waals surface area contributed by atoms with Crippen LogP contribution in [0.5, 0.6) is 0 Å². The molecule has 1 aliphatic rings. The third-order valence-electron chi connectivity index (χ3n) is 3.33. The summed E-state index contributed by atoms with van der Waals surface area (Å²) in [6.07, 6.45) is 8.34. The lowest BCUT2D eigenvalue weighted by molar-refractivity contribution is -0.126. The Bertz CT molecular complexity index is 305. The Morgan fingerprint density at radius 2 is 2.21 bits per heavy atom. The second kappa shape index (κ2) is 3.60. The van der Waals surface area contributed by atoms with Crippen molar-refractivity contribution in [2.24, 2.45) is 5.41 Å². The molecule has 2 heteroatoms. The summed E-state index contributed by atoms with van der Waals surface area (Å²) in [7, 11) is 0. The van der Waals surface area contributed by atoms with E-state index >= 15 is 0 Å². The average molecular weight is 192 g/mol. The van der Waals surface area contributed by atoms with Gasteiger partial charge in [0, 0.05) is 11.8 Å². The third-order valence-corrected chi connectivity index (χ3v) is 3.33. The van der Waals surface area contributed by atoms with E-state index in [1.54, 1.807) is 12.5 Å². The molecule has 0 bridgehead atoms. The van der Waals surface area contributed by atoms with E-state index in [2.05, 4.69) is 6.92 Å². The van der Waals surface area contributed by atoms with E-state index < -0.39 is 0 Å². The molecule has 1 aliphatic carbocycles. The van der Waals surface area contributed by atoms with Crippen LogP contribution in [0, 0.1) is 5.41 Å². The van der Waals surface area contributed by atoms with Gasteiger partial charge >= 0.3 is 0 Å². The third kappa shape index (κ3) is 1.74. The van der Waals surface area contributed by atoms with Crippen LogP contribution in [0.1, 0.15) is 38.2 Å². The van der Waals surface area contributed by atoms with E-state index in [9.17, 15) is 4.79 Å². The van der Waals surface area contributed by atoms with Gasteiger partial charge in [0.15, 0.2) is 0 Å². The van der Waals surface area contributed by atoms with Crippen LogP contribution in [0.2, 0.25) is 0 Å². The molecule has 1 saturated carbocycles. The zero-order chi connectivity index (χ0) is 10.0. The molecule has 2 rings (SSSR count). The maximum atomic E-state index is 12.0. The molecule has 0 unspecified atom stereocenters. The van der Waals surface area contributed by atoms with Gasteiger partial charge < -0.3 is 4.42 Å². The van der Waals surface area contributed by atoms with Crippen LogP contribution in [0.25, 0.3) is 0 Å². The van der Waals surface area contributed by atoms with E-state index in [0.717, 1.165) is 18.4 Å². The van der Waals surface area contributed by atoms with Gasteiger partial charge in [-0.25, -0.2) is 0 Å². The summed E-state index contributed by atoms with van der Waals surface area (Å²) in [5.74, 6) is 0.372. The summed E-state index contributed by atoms with van der Waals surface area (Å²) in [4.78, 5) is 12.0. The quantitative estimate of drug-likeness (QED) is 0.737. The molecule has 76 valence electrons. The van der Waals surface area contributed by atoms with Gasteiger partial charge in [-0.05, 0) is 24.5 Å². The van der Waals surface area contributed by atoms with Crippen molar-refractivity contribution >= 4 is 5.78 Å². The van der Waals surface area contributed by atoms with Crippen molar-refractivity contribution in [3.63, 3.8) is 0 Å². The van der Waals surface area contributed by atoms with Gasteiger partial charge in [0.05, 0.1) is 12.5 Å². The summed E-state index contributed by atoms with van der Waals surface area (Å²) in [5.41, 5.74) is 0.945. The monoisotopic (exact) mass is 192 g/mol. The highest BCUT2D eigenvalue weighted by atomic mass is 16.3. The van der Waals surface area contributed by atoms with Crippen molar-refractivity contribution in [3.8, 4) is 0 Å². The Kier molecular flexibility index (Phi) is 2.44. The molecule has 1 fully saturated rings. The smallest absolute Gasteiger partial charge is 0.143 e. The minimum atomic E-state index is -0.0583. The molecule has 1 heterocycles. The number of furan rings is 1. The van der Waals surface area contributed by atoms with Crippen molar-refractivity contribution in [1.82, 2.24) is 0 Å². The van der Waals surface area contributed by atoms with E-state index in [-0.39, 0.29) is 5.41 Å². The Labute approximate surface area is 84.3 Å². The van der Waals surface area contributed by atoms with Crippen LogP contribution < -0.4 is 0 Å². The maximum absolute atomic E-state index is 12.0. The molecule has 0 aliphatic heterocycles. The molecule has 2 nitrogen and oxygen atoms in total. The van der Waals surface area contributed by atoms with E-state index in [1.807, 2.05) is 6.07 Å². The zero-order valence-electron chi connectivity index (χ0n) is 8.58. The molecule has 0 N–H and O–H groups in total. The second-order valence-electron chi connectivity index (χ2n) is 4.50. The Balaban J connectivity index is 2.02. The van der Waals surface area contributed by atoms with Gasteiger partial charge in [-0.3, -0.25) is 4.79 Å². The molecule has 1 aromatic heterocycles. The number of hydrogen-bond acceptors (Lipinski definition) is 2. The summed E-state index contributed by atoms with van der Waals surface area (Å²) in [6.45, 7) is 2.10. The first-order chi connectivity index (χ1) is 6.71. The van der Waals surface area contributed by atoms with Crippen molar-refractivity contribution < 1.29 is 9.21 Å². The van der Waals surface area contributed by atoms with Crippen LogP contribution in [-0.4, -0.2) is 5.78 Å². The summed E-state index contributed by atoms with van der Waals surface area (Å²) < 4.78 is 4.96. The average Bonchev–Trinajstić information content (AvgIpc) is 2.76. The molecule has 0 spiro atoms. The van der Waals surface area contributed by atoms with E-state index in [1.165, 1.54) is 12.8 Å². The molecular formula is C12H16O2. The Hall–Kier alpha value is -1.05. The van der Waals surface area contributed by atoms with Crippen molar-refractivity contribution in [2.45, 2.75) is 39.0 Å². The highest BCUT2D eigenvalue weighted by Gasteiger charge is 2.35. The molecule has 0 aromatic carbocycles. The molecule has 0 radical (unpaired) electrons. The maximum Gasteiger partial charge on any atom is 0.143 e. The van der Waals surface area contributed by atoms with Crippen molar-refractivity contribution in [1.29, 1.82) is 0 Å². The molecule has 0 amide bonds. The lowest BCUT2D eigenvalue weighted by Crippen LogP contribution is -2.25. The number of ketones is 1. The van der Waals surface area contributed by atoms with Gasteiger partial charge in [-0.15, -0.1) is 0 Å².